The molecule has 0 saturated carbocycles. The number of ketones is 1. The van der Waals surface area contributed by atoms with Crippen molar-refractivity contribution in [1.82, 2.24) is 4.57 Å². The lowest BCUT2D eigenvalue weighted by Crippen LogP contribution is -2.10. The Balaban J connectivity index is 2.34. The Kier molecular flexibility index (Phi) is 2.89. The van der Waals surface area contributed by atoms with Crippen LogP contribution in [0.25, 0.3) is 5.69 Å². The van der Waals surface area contributed by atoms with Gasteiger partial charge in [0, 0.05) is 9.77 Å². The zero-order valence-electron chi connectivity index (χ0n) is 8.61. The predicted molar refractivity (Wildman–Crippen MR) is 81.0 cm³/mol. The first kappa shape index (κ1) is 11.5. The Bertz CT molecular complexity index is 619. The zero-order chi connectivity index (χ0) is 12.0. The largest absolute Gasteiger partial charge is 0.482 e. The van der Waals surface area contributed by atoms with Crippen molar-refractivity contribution in [3.05, 3.63) is 43.3 Å². The van der Waals surface area contributed by atoms with Crippen LogP contribution in [-0.4, -0.2) is 17.0 Å². The number of rotatable bonds is 0. The monoisotopic (exact) mass is 451 g/mol. The molecular formula is C12H7I2NO2. The van der Waals surface area contributed by atoms with Crippen molar-refractivity contribution in [3.8, 4) is 11.4 Å². The van der Waals surface area contributed by atoms with Gasteiger partial charge in [-0.15, -0.1) is 0 Å². The van der Waals surface area contributed by atoms with Gasteiger partial charge >= 0.3 is 0 Å². The van der Waals surface area contributed by atoms with Crippen molar-refractivity contribution in [2.45, 2.75) is 0 Å². The maximum Gasteiger partial charge on any atom is 0.216 e. The molecule has 0 spiro atoms. The first-order valence-corrected chi connectivity index (χ1v) is 7.15. The molecule has 0 unspecified atom stereocenters. The molecule has 0 bridgehead atoms. The van der Waals surface area contributed by atoms with Gasteiger partial charge in [0.05, 0.1) is 15.0 Å². The summed E-state index contributed by atoms with van der Waals surface area (Å²) in [4.78, 5) is 11.9. The van der Waals surface area contributed by atoms with E-state index in [1.165, 1.54) is 0 Å². The van der Waals surface area contributed by atoms with Gasteiger partial charge in [-0.1, -0.05) is 0 Å². The standard InChI is InChI=1S/C12H7I2NO2/c13-7-4-8(14)12-10(5-7)15-3-1-2-9(15)11(16)6-17-12/h1-5H,6H2. The number of halogens is 2. The van der Waals surface area contributed by atoms with Crippen molar-refractivity contribution in [1.29, 1.82) is 0 Å². The molecule has 1 aliphatic rings. The highest BCUT2D eigenvalue weighted by Gasteiger charge is 2.22. The summed E-state index contributed by atoms with van der Waals surface area (Å²) in [6, 6.07) is 7.78. The Morgan fingerprint density at radius 2 is 2.12 bits per heavy atom. The van der Waals surface area contributed by atoms with Gasteiger partial charge in [-0.3, -0.25) is 4.79 Å². The van der Waals surface area contributed by atoms with Crippen LogP contribution in [0.2, 0.25) is 0 Å². The quantitative estimate of drug-likeness (QED) is 0.577. The number of carbonyl (C=O) groups excluding carboxylic acids is 1. The fourth-order valence-electron chi connectivity index (χ4n) is 1.90. The van der Waals surface area contributed by atoms with Crippen LogP contribution in [0.1, 0.15) is 10.5 Å². The second kappa shape index (κ2) is 4.27. The van der Waals surface area contributed by atoms with Crippen LogP contribution >= 0.6 is 45.2 Å². The summed E-state index contributed by atoms with van der Waals surface area (Å²) in [5.41, 5.74) is 1.62. The van der Waals surface area contributed by atoms with Gasteiger partial charge in [0.15, 0.2) is 12.4 Å². The second-order valence-electron chi connectivity index (χ2n) is 3.71. The summed E-state index contributed by atoms with van der Waals surface area (Å²) in [6.07, 6.45) is 1.90. The number of hydrogen-bond donors (Lipinski definition) is 0. The summed E-state index contributed by atoms with van der Waals surface area (Å²) >= 11 is 4.50. The Hall–Kier alpha value is -0.570. The zero-order valence-corrected chi connectivity index (χ0v) is 12.9. The average molecular weight is 451 g/mol. The van der Waals surface area contributed by atoms with E-state index in [0.29, 0.717) is 5.69 Å². The highest BCUT2D eigenvalue weighted by molar-refractivity contribution is 14.1. The van der Waals surface area contributed by atoms with Crippen LogP contribution in [0.5, 0.6) is 5.75 Å². The van der Waals surface area contributed by atoms with Gasteiger partial charge in [0.25, 0.3) is 0 Å². The maximum absolute atomic E-state index is 11.9. The van der Waals surface area contributed by atoms with E-state index >= 15 is 0 Å². The summed E-state index contributed by atoms with van der Waals surface area (Å²) in [6.45, 7) is 0.105. The minimum Gasteiger partial charge on any atom is -0.482 e. The van der Waals surface area contributed by atoms with Crippen LogP contribution in [0.4, 0.5) is 0 Å². The van der Waals surface area contributed by atoms with E-state index in [1.807, 2.05) is 35.0 Å². The average Bonchev–Trinajstić information content (AvgIpc) is 2.70. The number of hydrogen-bond acceptors (Lipinski definition) is 2. The molecule has 1 aromatic heterocycles. The second-order valence-corrected chi connectivity index (χ2v) is 6.12. The molecule has 3 nitrogen and oxygen atoms in total. The summed E-state index contributed by atoms with van der Waals surface area (Å²) < 4.78 is 9.66. The van der Waals surface area contributed by atoms with Crippen molar-refractivity contribution < 1.29 is 9.53 Å². The molecule has 0 saturated heterocycles. The molecule has 0 radical (unpaired) electrons. The molecule has 1 aromatic carbocycles. The lowest BCUT2D eigenvalue weighted by Gasteiger charge is -2.11. The first-order chi connectivity index (χ1) is 8.16. The van der Waals surface area contributed by atoms with Crippen molar-refractivity contribution >= 4 is 51.0 Å². The maximum atomic E-state index is 11.9. The fourth-order valence-corrected chi connectivity index (χ4v) is 3.87. The fraction of sp³-hybridized carbons (Fsp3) is 0.0833. The molecule has 17 heavy (non-hydrogen) atoms. The third-order valence-electron chi connectivity index (χ3n) is 2.63. The molecule has 0 fully saturated rings. The Labute approximate surface area is 125 Å². The van der Waals surface area contributed by atoms with E-state index in [4.69, 9.17) is 4.74 Å². The number of Topliss-reactive ketones (excluding diaryl/α,β-unsaturated/α-hetero) is 1. The van der Waals surface area contributed by atoms with Crippen molar-refractivity contribution in [2.24, 2.45) is 0 Å². The molecule has 86 valence electrons. The Morgan fingerprint density at radius 3 is 2.94 bits per heavy atom. The third-order valence-corrected chi connectivity index (χ3v) is 4.05. The highest BCUT2D eigenvalue weighted by Crippen LogP contribution is 2.34. The van der Waals surface area contributed by atoms with Gasteiger partial charge in [-0.2, -0.15) is 0 Å². The van der Waals surface area contributed by atoms with E-state index in [9.17, 15) is 4.79 Å². The lowest BCUT2D eigenvalue weighted by molar-refractivity contribution is 0.0921. The van der Waals surface area contributed by atoms with Crippen LogP contribution in [-0.2, 0) is 0 Å². The molecule has 0 amide bonds. The van der Waals surface area contributed by atoms with Crippen LogP contribution in [0.15, 0.2) is 30.5 Å². The minimum atomic E-state index is 0.0111. The van der Waals surface area contributed by atoms with Gasteiger partial charge in [-0.25, -0.2) is 0 Å². The van der Waals surface area contributed by atoms with E-state index in [2.05, 4.69) is 45.2 Å². The normalized spacial score (nSPS) is 13.6. The Morgan fingerprint density at radius 1 is 1.29 bits per heavy atom. The van der Waals surface area contributed by atoms with Crippen molar-refractivity contribution in [2.75, 3.05) is 6.61 Å². The van der Waals surface area contributed by atoms with E-state index < -0.39 is 0 Å². The topological polar surface area (TPSA) is 31.2 Å². The van der Waals surface area contributed by atoms with Gasteiger partial charge in [-0.05, 0) is 69.4 Å². The number of carbonyl (C=O) groups is 1. The molecule has 1 aliphatic heterocycles. The molecule has 2 heterocycles. The van der Waals surface area contributed by atoms with Crippen LogP contribution in [0, 0.1) is 7.14 Å². The van der Waals surface area contributed by atoms with E-state index in [-0.39, 0.29) is 12.4 Å². The minimum absolute atomic E-state index is 0.0111. The molecule has 0 atom stereocenters. The third kappa shape index (κ3) is 1.88. The molecule has 3 rings (SSSR count). The summed E-state index contributed by atoms with van der Waals surface area (Å²) in [7, 11) is 0. The summed E-state index contributed by atoms with van der Waals surface area (Å²) in [5.74, 6) is 0.798. The van der Waals surface area contributed by atoms with Crippen molar-refractivity contribution in [3.63, 3.8) is 0 Å². The van der Waals surface area contributed by atoms with Crippen LogP contribution < -0.4 is 4.74 Å². The van der Waals surface area contributed by atoms with Crippen LogP contribution in [0.3, 0.4) is 0 Å². The highest BCUT2D eigenvalue weighted by atomic mass is 127. The first-order valence-electron chi connectivity index (χ1n) is 4.99. The molecule has 2 aromatic rings. The number of fused-ring (bicyclic) bond motifs is 3. The smallest absolute Gasteiger partial charge is 0.216 e. The number of benzene rings is 1. The molecule has 0 aliphatic carbocycles. The molecular weight excluding hydrogens is 444 g/mol. The van der Waals surface area contributed by atoms with Gasteiger partial charge < -0.3 is 9.30 Å². The lowest BCUT2D eigenvalue weighted by atomic mass is 10.2. The SMILES string of the molecule is O=C1COc2c(I)cc(I)cc2-n2cccc21. The summed E-state index contributed by atoms with van der Waals surface area (Å²) in [5, 5.41) is 0. The van der Waals surface area contributed by atoms with Gasteiger partial charge in [0.2, 0.25) is 5.78 Å². The molecule has 0 N–H and O–H groups in total. The van der Waals surface area contributed by atoms with Gasteiger partial charge in [0.1, 0.15) is 0 Å². The number of nitrogens with zero attached hydrogens (tertiary/aromatic N) is 1. The predicted octanol–water partition coefficient (Wildman–Crippen LogP) is 3.26. The van der Waals surface area contributed by atoms with E-state index in [0.717, 1.165) is 18.6 Å². The molecule has 5 heteroatoms. The number of aromatic nitrogens is 1. The van der Waals surface area contributed by atoms with E-state index in [1.54, 1.807) is 0 Å². The number of ether oxygens (including phenoxy) is 1.